The number of nitrogens with zero attached hydrogens (tertiary/aromatic N) is 3. The van der Waals surface area contributed by atoms with E-state index in [1.54, 1.807) is 24.7 Å². The van der Waals surface area contributed by atoms with Crippen LogP contribution in [0.15, 0.2) is 49.1 Å². The summed E-state index contributed by atoms with van der Waals surface area (Å²) in [6, 6.07) is 7.69. The summed E-state index contributed by atoms with van der Waals surface area (Å²) in [6.07, 6.45) is 11.3. The van der Waals surface area contributed by atoms with E-state index in [1.807, 2.05) is 23.2 Å². The van der Waals surface area contributed by atoms with Crippen molar-refractivity contribution < 1.29 is 9.53 Å². The monoisotopic (exact) mass is 337 g/mol. The molecule has 2 aromatic rings. The first kappa shape index (κ1) is 16.2. The minimum atomic E-state index is 0.0412. The maximum atomic E-state index is 13.0. The number of hydrogen-bond acceptors (Lipinski definition) is 4. The molecule has 5 heteroatoms. The Morgan fingerprint density at radius 3 is 2.60 bits per heavy atom. The van der Waals surface area contributed by atoms with Crippen LogP contribution >= 0.6 is 0 Å². The SMILES string of the molecule is O=C(c1cccnc1)N1CC[C@H](OCC2CC2)[C@@H]1Cc1cccnc1. The van der Waals surface area contributed by atoms with Crippen LogP contribution in [0, 0.1) is 5.92 Å². The number of amides is 1. The summed E-state index contributed by atoms with van der Waals surface area (Å²) in [7, 11) is 0. The maximum Gasteiger partial charge on any atom is 0.255 e. The first-order valence-corrected chi connectivity index (χ1v) is 9.03. The minimum Gasteiger partial charge on any atom is -0.376 e. The number of carbonyl (C=O) groups excluding carboxylic acids is 1. The first-order valence-electron chi connectivity index (χ1n) is 9.03. The molecule has 25 heavy (non-hydrogen) atoms. The van der Waals surface area contributed by atoms with Crippen molar-refractivity contribution in [1.29, 1.82) is 0 Å². The van der Waals surface area contributed by atoms with E-state index in [1.165, 1.54) is 12.8 Å². The van der Waals surface area contributed by atoms with Gasteiger partial charge in [0.1, 0.15) is 0 Å². The van der Waals surface area contributed by atoms with Crippen LogP contribution in [0.2, 0.25) is 0 Å². The van der Waals surface area contributed by atoms with Gasteiger partial charge in [-0.2, -0.15) is 0 Å². The molecular weight excluding hydrogens is 314 g/mol. The molecule has 1 saturated heterocycles. The molecule has 0 N–H and O–H groups in total. The third-order valence-electron chi connectivity index (χ3n) is 5.06. The molecule has 2 aliphatic rings. The number of hydrogen-bond donors (Lipinski definition) is 0. The maximum absolute atomic E-state index is 13.0. The quantitative estimate of drug-likeness (QED) is 0.813. The van der Waals surface area contributed by atoms with Gasteiger partial charge in [0.05, 0.1) is 17.7 Å². The zero-order chi connectivity index (χ0) is 17.1. The average molecular weight is 337 g/mol. The molecule has 1 aliphatic carbocycles. The fourth-order valence-electron chi connectivity index (χ4n) is 3.47. The molecule has 0 aromatic carbocycles. The molecule has 5 nitrogen and oxygen atoms in total. The molecule has 130 valence electrons. The summed E-state index contributed by atoms with van der Waals surface area (Å²) in [4.78, 5) is 23.2. The van der Waals surface area contributed by atoms with Crippen molar-refractivity contribution in [3.8, 4) is 0 Å². The van der Waals surface area contributed by atoms with E-state index in [4.69, 9.17) is 4.74 Å². The molecule has 2 atom stereocenters. The Labute approximate surface area is 148 Å². The summed E-state index contributed by atoms with van der Waals surface area (Å²) in [5.41, 5.74) is 1.78. The van der Waals surface area contributed by atoms with Crippen LogP contribution in [0.5, 0.6) is 0 Å². The Kier molecular flexibility index (Phi) is 4.74. The average Bonchev–Trinajstić information content (AvgIpc) is 3.42. The van der Waals surface area contributed by atoms with Crippen LogP contribution in [0.4, 0.5) is 0 Å². The first-order chi connectivity index (χ1) is 12.3. The van der Waals surface area contributed by atoms with Crippen molar-refractivity contribution in [2.24, 2.45) is 5.92 Å². The molecule has 3 heterocycles. The molecule has 0 unspecified atom stereocenters. The van der Waals surface area contributed by atoms with Gasteiger partial charge in [0, 0.05) is 37.9 Å². The highest BCUT2D eigenvalue weighted by Crippen LogP contribution is 2.32. The predicted octanol–water partition coefficient (Wildman–Crippen LogP) is 2.73. The van der Waals surface area contributed by atoms with Gasteiger partial charge in [-0.1, -0.05) is 6.07 Å². The Balaban J connectivity index is 1.52. The van der Waals surface area contributed by atoms with Gasteiger partial charge in [-0.05, 0) is 55.4 Å². The number of pyridine rings is 2. The molecular formula is C20H23N3O2. The summed E-state index contributed by atoms with van der Waals surface area (Å²) in [5.74, 6) is 0.765. The van der Waals surface area contributed by atoms with Crippen molar-refractivity contribution >= 4 is 5.91 Å². The number of carbonyl (C=O) groups is 1. The van der Waals surface area contributed by atoms with Crippen LogP contribution in [0.3, 0.4) is 0 Å². The van der Waals surface area contributed by atoms with Crippen molar-refractivity contribution in [1.82, 2.24) is 14.9 Å². The van der Waals surface area contributed by atoms with Crippen molar-refractivity contribution in [2.45, 2.75) is 37.8 Å². The van der Waals surface area contributed by atoms with Crippen LogP contribution in [0.1, 0.15) is 35.2 Å². The van der Waals surface area contributed by atoms with E-state index in [0.717, 1.165) is 37.5 Å². The van der Waals surface area contributed by atoms with Gasteiger partial charge in [-0.15, -0.1) is 0 Å². The van der Waals surface area contributed by atoms with Crippen LogP contribution in [0.25, 0.3) is 0 Å². The minimum absolute atomic E-state index is 0.0412. The number of aromatic nitrogens is 2. The predicted molar refractivity (Wildman–Crippen MR) is 94.1 cm³/mol. The van der Waals surface area contributed by atoms with Crippen LogP contribution in [-0.2, 0) is 11.2 Å². The van der Waals surface area contributed by atoms with E-state index < -0.39 is 0 Å². The molecule has 2 fully saturated rings. The molecule has 1 amide bonds. The molecule has 1 saturated carbocycles. The van der Waals surface area contributed by atoms with E-state index in [0.29, 0.717) is 5.56 Å². The van der Waals surface area contributed by atoms with Gasteiger partial charge in [-0.25, -0.2) is 0 Å². The highest BCUT2D eigenvalue weighted by atomic mass is 16.5. The second kappa shape index (κ2) is 7.31. The summed E-state index contributed by atoms with van der Waals surface area (Å²) in [6.45, 7) is 1.55. The molecule has 0 radical (unpaired) electrons. The molecule has 2 aromatic heterocycles. The highest BCUT2D eigenvalue weighted by molar-refractivity contribution is 5.94. The van der Waals surface area contributed by atoms with Crippen molar-refractivity contribution in [3.63, 3.8) is 0 Å². The van der Waals surface area contributed by atoms with E-state index in [9.17, 15) is 4.79 Å². The zero-order valence-corrected chi connectivity index (χ0v) is 14.3. The van der Waals surface area contributed by atoms with Gasteiger partial charge in [0.2, 0.25) is 0 Å². The van der Waals surface area contributed by atoms with Gasteiger partial charge in [-0.3, -0.25) is 14.8 Å². The third kappa shape index (κ3) is 3.87. The van der Waals surface area contributed by atoms with Crippen molar-refractivity contribution in [2.75, 3.05) is 13.2 Å². The second-order valence-corrected chi connectivity index (χ2v) is 6.98. The Morgan fingerprint density at radius 1 is 1.12 bits per heavy atom. The standard InChI is InChI=1S/C20H23N3O2/c24-20(17-4-2-9-22-13-17)23-10-7-19(25-14-15-5-6-15)18(23)11-16-3-1-8-21-12-16/h1-4,8-9,12-13,15,18-19H,5-7,10-11,14H2/t18-,19-/m0/s1. The highest BCUT2D eigenvalue weighted by Gasteiger charge is 2.39. The Bertz CT molecular complexity index is 703. The Hall–Kier alpha value is -2.27. The molecule has 0 bridgehead atoms. The second-order valence-electron chi connectivity index (χ2n) is 6.98. The summed E-state index contributed by atoms with van der Waals surface area (Å²) < 4.78 is 6.20. The number of likely N-dealkylation sites (tertiary alicyclic amines) is 1. The fourth-order valence-corrected chi connectivity index (χ4v) is 3.47. The lowest BCUT2D eigenvalue weighted by molar-refractivity contribution is 0.0200. The summed E-state index contributed by atoms with van der Waals surface area (Å²) >= 11 is 0. The largest absolute Gasteiger partial charge is 0.376 e. The van der Waals surface area contributed by atoms with Crippen molar-refractivity contribution in [3.05, 3.63) is 60.2 Å². The summed E-state index contributed by atoms with van der Waals surface area (Å²) in [5, 5.41) is 0. The molecule has 0 spiro atoms. The lowest BCUT2D eigenvalue weighted by Crippen LogP contribution is -2.42. The zero-order valence-electron chi connectivity index (χ0n) is 14.3. The molecule has 1 aliphatic heterocycles. The van der Waals surface area contributed by atoms with E-state index in [-0.39, 0.29) is 18.1 Å². The Morgan fingerprint density at radius 2 is 1.92 bits per heavy atom. The number of ether oxygens (including phenoxy) is 1. The topological polar surface area (TPSA) is 55.3 Å². The number of rotatable bonds is 6. The van der Waals surface area contributed by atoms with E-state index in [2.05, 4.69) is 16.0 Å². The van der Waals surface area contributed by atoms with Gasteiger partial charge < -0.3 is 9.64 Å². The lowest BCUT2D eigenvalue weighted by Gasteiger charge is -2.28. The smallest absolute Gasteiger partial charge is 0.255 e. The van der Waals surface area contributed by atoms with Crippen LogP contribution in [-0.4, -0.2) is 46.1 Å². The molecule has 4 rings (SSSR count). The van der Waals surface area contributed by atoms with E-state index >= 15 is 0 Å². The lowest BCUT2D eigenvalue weighted by atomic mass is 10.0. The van der Waals surface area contributed by atoms with Gasteiger partial charge >= 0.3 is 0 Å². The fraction of sp³-hybridized carbons (Fsp3) is 0.450. The normalized spacial score (nSPS) is 23.0. The van der Waals surface area contributed by atoms with Gasteiger partial charge in [0.25, 0.3) is 5.91 Å². The van der Waals surface area contributed by atoms with Crippen LogP contribution < -0.4 is 0 Å². The third-order valence-corrected chi connectivity index (χ3v) is 5.06. The van der Waals surface area contributed by atoms with Gasteiger partial charge in [0.15, 0.2) is 0 Å².